The standard InChI is InChI=1S/C15H20O4/c1-6-4-11(17)13-8(3)15(18)19-14(13)12-7(2)10(16)5-9(6)12/h8-14,16-17H,1-2,4-5H2,3H3/t8-,9-,10-,11+,12-,13+,14+/m0/s1. The van der Waals surface area contributed by atoms with Crippen molar-refractivity contribution >= 4 is 5.97 Å². The molecule has 1 aliphatic heterocycles. The van der Waals surface area contributed by atoms with Crippen LogP contribution >= 0.6 is 0 Å². The van der Waals surface area contributed by atoms with Crippen LogP contribution < -0.4 is 0 Å². The van der Waals surface area contributed by atoms with Gasteiger partial charge in [0.05, 0.1) is 18.1 Å². The predicted octanol–water partition coefficient (Wildman–Crippen LogP) is 1.04. The molecule has 0 radical (unpaired) electrons. The molecule has 4 nitrogen and oxygen atoms in total. The number of carbonyl (C=O) groups excluding carboxylic acids is 1. The molecule has 0 unspecified atom stereocenters. The lowest BCUT2D eigenvalue weighted by Gasteiger charge is -2.27. The molecule has 0 aromatic rings. The summed E-state index contributed by atoms with van der Waals surface area (Å²) in [6.07, 6.45) is -0.480. The zero-order valence-corrected chi connectivity index (χ0v) is 11.1. The van der Waals surface area contributed by atoms with Crippen LogP contribution in [0.4, 0.5) is 0 Å². The van der Waals surface area contributed by atoms with Gasteiger partial charge in [0.2, 0.25) is 0 Å². The number of fused-ring (bicyclic) bond motifs is 3. The maximum atomic E-state index is 11.8. The average Bonchev–Trinajstić information content (AvgIpc) is 2.75. The van der Waals surface area contributed by atoms with Crippen molar-refractivity contribution in [3.8, 4) is 0 Å². The summed E-state index contributed by atoms with van der Waals surface area (Å²) in [5, 5.41) is 20.4. The van der Waals surface area contributed by atoms with E-state index in [-0.39, 0.29) is 35.7 Å². The van der Waals surface area contributed by atoms with Crippen molar-refractivity contribution in [3.05, 3.63) is 24.3 Å². The second kappa shape index (κ2) is 4.18. The Hall–Kier alpha value is -1.13. The van der Waals surface area contributed by atoms with Crippen molar-refractivity contribution < 1.29 is 19.7 Å². The highest BCUT2D eigenvalue weighted by molar-refractivity contribution is 5.75. The SMILES string of the molecule is C=C1[C@@H]2[C@H]3OC(=O)[C@@H](C)[C@@H]3[C@H](O)CC(=C)[C@@H]2C[C@@H]1O. The van der Waals surface area contributed by atoms with Crippen LogP contribution in [0, 0.1) is 23.7 Å². The van der Waals surface area contributed by atoms with E-state index in [1.54, 1.807) is 6.92 Å². The van der Waals surface area contributed by atoms with Gasteiger partial charge >= 0.3 is 5.97 Å². The number of rotatable bonds is 0. The monoisotopic (exact) mass is 264 g/mol. The normalized spacial score (nSPS) is 49.6. The van der Waals surface area contributed by atoms with E-state index in [1.165, 1.54) is 0 Å². The van der Waals surface area contributed by atoms with Gasteiger partial charge < -0.3 is 14.9 Å². The van der Waals surface area contributed by atoms with E-state index in [1.807, 2.05) is 0 Å². The molecule has 1 saturated heterocycles. The molecule has 0 aromatic heterocycles. The number of carbonyl (C=O) groups is 1. The molecule has 104 valence electrons. The van der Waals surface area contributed by atoms with Crippen LogP contribution in [0.15, 0.2) is 24.3 Å². The third-order valence-electron chi connectivity index (χ3n) is 5.14. The molecule has 4 heteroatoms. The smallest absolute Gasteiger partial charge is 0.309 e. The molecule has 3 aliphatic rings. The lowest BCUT2D eigenvalue weighted by atomic mass is 9.79. The first-order chi connectivity index (χ1) is 8.91. The van der Waals surface area contributed by atoms with Crippen LogP contribution in [-0.2, 0) is 9.53 Å². The fourth-order valence-corrected chi connectivity index (χ4v) is 4.06. The fourth-order valence-electron chi connectivity index (χ4n) is 4.06. The number of hydrogen-bond donors (Lipinski definition) is 2. The Balaban J connectivity index is 2.03. The van der Waals surface area contributed by atoms with Gasteiger partial charge in [-0.1, -0.05) is 25.7 Å². The Kier molecular flexibility index (Phi) is 2.84. The molecule has 19 heavy (non-hydrogen) atoms. The van der Waals surface area contributed by atoms with E-state index in [0.717, 1.165) is 11.1 Å². The summed E-state index contributed by atoms with van der Waals surface area (Å²) in [6, 6.07) is 0. The van der Waals surface area contributed by atoms with Gasteiger partial charge in [0.15, 0.2) is 0 Å². The van der Waals surface area contributed by atoms with Gasteiger partial charge in [-0.3, -0.25) is 4.79 Å². The number of hydrogen-bond acceptors (Lipinski definition) is 4. The van der Waals surface area contributed by atoms with Gasteiger partial charge in [-0.25, -0.2) is 0 Å². The molecule has 0 aromatic carbocycles. The Morgan fingerprint density at radius 3 is 2.68 bits per heavy atom. The minimum atomic E-state index is -0.602. The largest absolute Gasteiger partial charge is 0.461 e. The summed E-state index contributed by atoms with van der Waals surface area (Å²) in [6.45, 7) is 9.82. The highest BCUT2D eigenvalue weighted by atomic mass is 16.6. The van der Waals surface area contributed by atoms with E-state index in [2.05, 4.69) is 13.2 Å². The molecule has 2 saturated carbocycles. The third-order valence-corrected chi connectivity index (χ3v) is 5.14. The maximum absolute atomic E-state index is 11.8. The summed E-state index contributed by atoms with van der Waals surface area (Å²) >= 11 is 0. The molecule has 2 N–H and O–H groups in total. The lowest BCUT2D eigenvalue weighted by Crippen LogP contribution is -2.35. The molecule has 1 heterocycles. The van der Waals surface area contributed by atoms with E-state index < -0.39 is 12.2 Å². The Morgan fingerprint density at radius 1 is 1.32 bits per heavy atom. The summed E-state index contributed by atoms with van der Waals surface area (Å²) < 4.78 is 5.50. The van der Waals surface area contributed by atoms with Gasteiger partial charge in [-0.2, -0.15) is 0 Å². The minimum Gasteiger partial charge on any atom is -0.461 e. The first kappa shape index (κ1) is 12.9. The number of aliphatic hydroxyl groups is 2. The Bertz CT molecular complexity index is 455. The van der Waals surface area contributed by atoms with Crippen LogP contribution in [0.25, 0.3) is 0 Å². The maximum Gasteiger partial charge on any atom is 0.309 e. The molecule has 3 rings (SSSR count). The van der Waals surface area contributed by atoms with E-state index in [4.69, 9.17) is 4.74 Å². The highest BCUT2D eigenvalue weighted by Gasteiger charge is 2.56. The molecule has 0 spiro atoms. The van der Waals surface area contributed by atoms with E-state index in [0.29, 0.717) is 12.8 Å². The van der Waals surface area contributed by atoms with Crippen LogP contribution in [0.3, 0.4) is 0 Å². The molecular formula is C15H20O4. The second-order valence-electron chi connectivity index (χ2n) is 6.16. The molecule has 2 aliphatic carbocycles. The van der Waals surface area contributed by atoms with Crippen LogP contribution in [-0.4, -0.2) is 34.5 Å². The minimum absolute atomic E-state index is 0.0604. The molecular weight excluding hydrogens is 244 g/mol. The molecule has 3 fully saturated rings. The van der Waals surface area contributed by atoms with Crippen molar-refractivity contribution in [1.82, 2.24) is 0 Å². The number of aliphatic hydroxyl groups excluding tert-OH is 2. The van der Waals surface area contributed by atoms with Crippen LogP contribution in [0.1, 0.15) is 19.8 Å². The first-order valence-electron chi connectivity index (χ1n) is 6.84. The average molecular weight is 264 g/mol. The topological polar surface area (TPSA) is 66.8 Å². The van der Waals surface area contributed by atoms with Crippen LogP contribution in [0.2, 0.25) is 0 Å². The molecule has 7 atom stereocenters. The molecule has 0 bridgehead atoms. The van der Waals surface area contributed by atoms with Crippen LogP contribution in [0.5, 0.6) is 0 Å². The Morgan fingerprint density at radius 2 is 2.00 bits per heavy atom. The molecule has 0 amide bonds. The van der Waals surface area contributed by atoms with Gasteiger partial charge in [-0.05, 0) is 24.3 Å². The van der Waals surface area contributed by atoms with Crippen molar-refractivity contribution in [1.29, 1.82) is 0 Å². The number of esters is 1. The van der Waals surface area contributed by atoms with Crippen molar-refractivity contribution in [2.24, 2.45) is 23.7 Å². The zero-order valence-electron chi connectivity index (χ0n) is 11.1. The summed E-state index contributed by atoms with van der Waals surface area (Å²) in [5.41, 5.74) is 1.66. The van der Waals surface area contributed by atoms with Gasteiger partial charge in [-0.15, -0.1) is 0 Å². The quantitative estimate of drug-likeness (QED) is 0.507. The summed E-state index contributed by atoms with van der Waals surface area (Å²) in [5.74, 6) is -0.823. The predicted molar refractivity (Wildman–Crippen MR) is 69.0 cm³/mol. The van der Waals surface area contributed by atoms with Crippen molar-refractivity contribution in [3.63, 3.8) is 0 Å². The Labute approximate surface area is 112 Å². The zero-order chi connectivity index (χ0) is 13.9. The second-order valence-corrected chi connectivity index (χ2v) is 6.16. The number of ether oxygens (including phenoxy) is 1. The van der Waals surface area contributed by atoms with Gasteiger partial charge in [0.1, 0.15) is 6.10 Å². The van der Waals surface area contributed by atoms with Crippen molar-refractivity contribution in [2.45, 2.75) is 38.1 Å². The highest BCUT2D eigenvalue weighted by Crippen LogP contribution is 2.52. The van der Waals surface area contributed by atoms with E-state index >= 15 is 0 Å². The summed E-state index contributed by atoms with van der Waals surface area (Å²) in [7, 11) is 0. The third kappa shape index (κ3) is 1.70. The first-order valence-corrected chi connectivity index (χ1v) is 6.84. The van der Waals surface area contributed by atoms with Gasteiger partial charge in [0, 0.05) is 11.8 Å². The fraction of sp³-hybridized carbons (Fsp3) is 0.667. The lowest BCUT2D eigenvalue weighted by molar-refractivity contribution is -0.145. The summed E-state index contributed by atoms with van der Waals surface area (Å²) in [4.78, 5) is 11.8. The van der Waals surface area contributed by atoms with Gasteiger partial charge in [0.25, 0.3) is 0 Å². The van der Waals surface area contributed by atoms with E-state index in [9.17, 15) is 15.0 Å². The van der Waals surface area contributed by atoms with Crippen molar-refractivity contribution in [2.75, 3.05) is 0 Å².